The van der Waals surface area contributed by atoms with Crippen molar-refractivity contribution in [3.8, 4) is 0 Å². The summed E-state index contributed by atoms with van der Waals surface area (Å²) in [6.07, 6.45) is -1.12. The highest BCUT2D eigenvalue weighted by molar-refractivity contribution is 5.28. The van der Waals surface area contributed by atoms with Gasteiger partial charge in [0.25, 0.3) is 0 Å². The predicted octanol–water partition coefficient (Wildman–Crippen LogP) is 4.16. The standard InChI is InChI=1S/C14H18F3N/c1-2-10-6-7-18-13(8-10)11-4-3-5-12(9-11)14(15,16)17/h3-5,9-10,13,18H,2,6-8H2,1H3. The molecule has 1 N–H and O–H groups in total. The van der Waals surface area contributed by atoms with Crippen LogP contribution in [-0.2, 0) is 6.18 Å². The zero-order chi connectivity index (χ0) is 13.2. The first kappa shape index (κ1) is 13.4. The summed E-state index contributed by atoms with van der Waals surface area (Å²) < 4.78 is 38.0. The maximum absolute atomic E-state index is 12.7. The van der Waals surface area contributed by atoms with Crippen LogP contribution in [0.1, 0.15) is 43.4 Å². The van der Waals surface area contributed by atoms with Crippen LogP contribution >= 0.6 is 0 Å². The van der Waals surface area contributed by atoms with Crippen molar-refractivity contribution in [3.63, 3.8) is 0 Å². The molecule has 1 saturated heterocycles. The molecule has 2 atom stereocenters. The van der Waals surface area contributed by atoms with Crippen molar-refractivity contribution in [2.45, 2.75) is 38.4 Å². The molecule has 1 nitrogen and oxygen atoms in total. The van der Waals surface area contributed by atoms with Crippen LogP contribution in [0.2, 0.25) is 0 Å². The van der Waals surface area contributed by atoms with E-state index in [1.807, 2.05) is 0 Å². The van der Waals surface area contributed by atoms with Crippen LogP contribution in [0.5, 0.6) is 0 Å². The van der Waals surface area contributed by atoms with Crippen molar-refractivity contribution in [2.75, 3.05) is 6.54 Å². The van der Waals surface area contributed by atoms with Gasteiger partial charge in [-0.3, -0.25) is 0 Å². The number of rotatable bonds is 2. The Morgan fingerprint density at radius 2 is 2.11 bits per heavy atom. The minimum absolute atomic E-state index is 0.0611. The lowest BCUT2D eigenvalue weighted by Gasteiger charge is -2.30. The summed E-state index contributed by atoms with van der Waals surface area (Å²) >= 11 is 0. The molecule has 0 aromatic heterocycles. The fraction of sp³-hybridized carbons (Fsp3) is 0.571. The summed E-state index contributed by atoms with van der Waals surface area (Å²) in [5.41, 5.74) is 0.198. The zero-order valence-corrected chi connectivity index (χ0v) is 10.4. The number of hydrogen-bond donors (Lipinski definition) is 1. The van der Waals surface area contributed by atoms with E-state index >= 15 is 0 Å². The Hall–Kier alpha value is -1.03. The van der Waals surface area contributed by atoms with Crippen LogP contribution in [-0.4, -0.2) is 6.54 Å². The maximum Gasteiger partial charge on any atom is 0.416 e. The van der Waals surface area contributed by atoms with Gasteiger partial charge in [0.15, 0.2) is 0 Å². The first-order chi connectivity index (χ1) is 8.50. The monoisotopic (exact) mass is 257 g/mol. The van der Waals surface area contributed by atoms with Gasteiger partial charge in [0.2, 0.25) is 0 Å². The molecule has 1 aromatic carbocycles. The molecule has 0 saturated carbocycles. The fourth-order valence-electron chi connectivity index (χ4n) is 2.55. The predicted molar refractivity (Wildman–Crippen MR) is 65.2 cm³/mol. The molecule has 2 rings (SSSR count). The van der Waals surface area contributed by atoms with Crippen molar-refractivity contribution in [1.82, 2.24) is 5.32 Å². The van der Waals surface area contributed by atoms with E-state index in [1.54, 1.807) is 6.07 Å². The van der Waals surface area contributed by atoms with Crippen LogP contribution in [0, 0.1) is 5.92 Å². The van der Waals surface area contributed by atoms with Gasteiger partial charge in [-0.2, -0.15) is 13.2 Å². The van der Waals surface area contributed by atoms with E-state index in [-0.39, 0.29) is 6.04 Å². The smallest absolute Gasteiger partial charge is 0.310 e. The maximum atomic E-state index is 12.7. The molecule has 0 radical (unpaired) electrons. The molecule has 1 aliphatic heterocycles. The Bertz CT molecular complexity index is 400. The lowest BCUT2D eigenvalue weighted by atomic mass is 9.87. The zero-order valence-electron chi connectivity index (χ0n) is 10.4. The molecule has 0 spiro atoms. The Labute approximate surface area is 105 Å². The second-order valence-electron chi connectivity index (χ2n) is 4.93. The lowest BCUT2D eigenvalue weighted by Crippen LogP contribution is -2.31. The Balaban J connectivity index is 2.18. The van der Waals surface area contributed by atoms with E-state index in [4.69, 9.17) is 0 Å². The summed E-state index contributed by atoms with van der Waals surface area (Å²) in [4.78, 5) is 0. The fourth-order valence-corrected chi connectivity index (χ4v) is 2.55. The molecule has 4 heteroatoms. The molecule has 18 heavy (non-hydrogen) atoms. The molecule has 1 aromatic rings. The van der Waals surface area contributed by atoms with Gasteiger partial charge in [-0.15, -0.1) is 0 Å². The van der Waals surface area contributed by atoms with Gasteiger partial charge < -0.3 is 5.32 Å². The number of benzene rings is 1. The van der Waals surface area contributed by atoms with E-state index in [0.29, 0.717) is 5.92 Å². The third-order valence-corrected chi connectivity index (χ3v) is 3.71. The second-order valence-corrected chi connectivity index (χ2v) is 4.93. The second kappa shape index (κ2) is 5.31. The van der Waals surface area contributed by atoms with E-state index in [1.165, 1.54) is 12.1 Å². The SMILES string of the molecule is CCC1CCNC(c2cccc(C(F)(F)F)c2)C1. The van der Waals surface area contributed by atoms with Crippen LogP contribution in [0.4, 0.5) is 13.2 Å². The van der Waals surface area contributed by atoms with Gasteiger partial charge in [0.05, 0.1) is 5.56 Å². The van der Waals surface area contributed by atoms with Crippen molar-refractivity contribution < 1.29 is 13.2 Å². The Morgan fingerprint density at radius 3 is 2.78 bits per heavy atom. The number of hydrogen-bond acceptors (Lipinski definition) is 1. The summed E-state index contributed by atoms with van der Waals surface area (Å²) in [5.74, 6) is 0.616. The Morgan fingerprint density at radius 1 is 1.33 bits per heavy atom. The summed E-state index contributed by atoms with van der Waals surface area (Å²) in [6, 6.07) is 5.74. The van der Waals surface area contributed by atoms with Gasteiger partial charge in [0.1, 0.15) is 0 Å². The third-order valence-electron chi connectivity index (χ3n) is 3.71. The average molecular weight is 257 g/mol. The van der Waals surface area contributed by atoms with Crippen molar-refractivity contribution >= 4 is 0 Å². The van der Waals surface area contributed by atoms with Gasteiger partial charge in [-0.25, -0.2) is 0 Å². The number of piperidine rings is 1. The molecule has 0 bridgehead atoms. The van der Waals surface area contributed by atoms with Gasteiger partial charge in [-0.1, -0.05) is 25.5 Å². The van der Waals surface area contributed by atoms with Gasteiger partial charge in [-0.05, 0) is 43.0 Å². The molecule has 100 valence electrons. The van der Waals surface area contributed by atoms with Crippen molar-refractivity contribution in [2.24, 2.45) is 5.92 Å². The van der Waals surface area contributed by atoms with Gasteiger partial charge in [0, 0.05) is 6.04 Å². The number of halogens is 3. The van der Waals surface area contributed by atoms with E-state index in [2.05, 4.69) is 12.2 Å². The van der Waals surface area contributed by atoms with Crippen LogP contribution in [0.25, 0.3) is 0 Å². The van der Waals surface area contributed by atoms with Crippen LogP contribution in [0.15, 0.2) is 24.3 Å². The Kier molecular flexibility index (Phi) is 3.95. The van der Waals surface area contributed by atoms with E-state index in [9.17, 15) is 13.2 Å². The van der Waals surface area contributed by atoms with Crippen LogP contribution in [0.3, 0.4) is 0 Å². The molecule has 0 aliphatic carbocycles. The highest BCUT2D eigenvalue weighted by atomic mass is 19.4. The largest absolute Gasteiger partial charge is 0.416 e. The van der Waals surface area contributed by atoms with Gasteiger partial charge >= 0.3 is 6.18 Å². The molecule has 1 heterocycles. The molecule has 1 fully saturated rings. The third kappa shape index (κ3) is 3.05. The summed E-state index contributed by atoms with van der Waals surface area (Å²) in [5, 5.41) is 3.31. The van der Waals surface area contributed by atoms with Crippen molar-refractivity contribution in [3.05, 3.63) is 35.4 Å². The molecular weight excluding hydrogens is 239 g/mol. The molecular formula is C14H18F3N. The normalized spacial score (nSPS) is 25.1. The lowest BCUT2D eigenvalue weighted by molar-refractivity contribution is -0.137. The quantitative estimate of drug-likeness (QED) is 0.839. The summed E-state index contributed by atoms with van der Waals surface area (Å²) in [7, 11) is 0. The molecule has 0 amide bonds. The first-order valence-electron chi connectivity index (χ1n) is 6.41. The van der Waals surface area contributed by atoms with Crippen LogP contribution < -0.4 is 5.32 Å². The summed E-state index contributed by atoms with van der Waals surface area (Å²) in [6.45, 7) is 3.03. The highest BCUT2D eigenvalue weighted by Crippen LogP contribution is 2.33. The molecule has 1 aliphatic rings. The number of nitrogens with one attached hydrogen (secondary N) is 1. The highest BCUT2D eigenvalue weighted by Gasteiger charge is 2.31. The topological polar surface area (TPSA) is 12.0 Å². The molecule has 2 unspecified atom stereocenters. The van der Waals surface area contributed by atoms with E-state index in [0.717, 1.165) is 37.4 Å². The van der Waals surface area contributed by atoms with E-state index < -0.39 is 11.7 Å². The number of alkyl halides is 3. The van der Waals surface area contributed by atoms with Crippen molar-refractivity contribution in [1.29, 1.82) is 0 Å². The minimum Gasteiger partial charge on any atom is -0.310 e. The first-order valence-corrected chi connectivity index (χ1v) is 6.41. The minimum atomic E-state index is -4.26. The average Bonchev–Trinajstić information content (AvgIpc) is 2.38.